The van der Waals surface area contributed by atoms with Crippen LogP contribution in [-0.2, 0) is 11.2 Å². The molecule has 0 fully saturated rings. The Hall–Kier alpha value is -2.20. The van der Waals surface area contributed by atoms with Gasteiger partial charge in [-0.3, -0.25) is 4.79 Å². The van der Waals surface area contributed by atoms with Crippen LogP contribution >= 0.6 is 11.3 Å². The molecule has 1 aromatic carbocycles. The van der Waals surface area contributed by atoms with Crippen LogP contribution < -0.4 is 0 Å². The first-order valence-corrected chi connectivity index (χ1v) is 9.39. The Labute approximate surface area is 152 Å². The molecule has 0 aliphatic heterocycles. The van der Waals surface area contributed by atoms with Crippen molar-refractivity contribution in [3.8, 4) is 11.1 Å². The molecule has 1 atom stereocenters. The van der Waals surface area contributed by atoms with Gasteiger partial charge in [0.25, 0.3) is 0 Å². The van der Waals surface area contributed by atoms with Gasteiger partial charge in [-0.05, 0) is 56.4 Å². The van der Waals surface area contributed by atoms with E-state index in [9.17, 15) is 9.90 Å². The lowest BCUT2D eigenvalue weighted by molar-refractivity contribution is -0.138. The fourth-order valence-electron chi connectivity index (χ4n) is 3.53. The highest BCUT2D eigenvalue weighted by Gasteiger charge is 2.26. The fraction of sp³-hybridized carbons (Fsp3) is 0.333. The van der Waals surface area contributed by atoms with E-state index in [2.05, 4.69) is 45.0 Å². The molecule has 0 saturated heterocycles. The molecule has 0 aliphatic rings. The number of thiophene rings is 1. The average molecular weight is 353 g/mol. The lowest BCUT2D eigenvalue weighted by atomic mass is 9.87. The highest BCUT2D eigenvalue weighted by molar-refractivity contribution is 7.18. The average Bonchev–Trinajstić information content (AvgIpc) is 2.88. The standard InChI is InChI=1S/C21H23NO2S/c1-6-16-14(5)25-20-19(16)18(15-9-7-11(2)8-10-15)17(13(4)22-20)12(3)21(23)24/h7-10,12H,6H2,1-5H3,(H,23,24). The van der Waals surface area contributed by atoms with Crippen molar-refractivity contribution < 1.29 is 9.90 Å². The largest absolute Gasteiger partial charge is 0.481 e. The van der Waals surface area contributed by atoms with Crippen LogP contribution in [0.15, 0.2) is 24.3 Å². The van der Waals surface area contributed by atoms with Gasteiger partial charge in [0, 0.05) is 16.0 Å². The first-order chi connectivity index (χ1) is 11.8. The third-order valence-corrected chi connectivity index (χ3v) is 5.91. The predicted molar refractivity (Wildman–Crippen MR) is 105 cm³/mol. The molecule has 2 heterocycles. The molecule has 130 valence electrons. The number of aromatic nitrogens is 1. The number of carbonyl (C=O) groups is 1. The third kappa shape index (κ3) is 2.95. The van der Waals surface area contributed by atoms with Crippen molar-refractivity contribution in [2.24, 2.45) is 0 Å². The summed E-state index contributed by atoms with van der Waals surface area (Å²) < 4.78 is 0. The summed E-state index contributed by atoms with van der Waals surface area (Å²) in [5.74, 6) is -1.42. The number of fused-ring (bicyclic) bond motifs is 1. The molecule has 3 rings (SSSR count). The van der Waals surface area contributed by atoms with Gasteiger partial charge in [-0.2, -0.15) is 0 Å². The zero-order valence-electron chi connectivity index (χ0n) is 15.3. The number of benzene rings is 1. The number of hydrogen-bond donors (Lipinski definition) is 1. The van der Waals surface area contributed by atoms with E-state index in [4.69, 9.17) is 4.98 Å². The summed E-state index contributed by atoms with van der Waals surface area (Å²) in [4.78, 5) is 18.8. The minimum Gasteiger partial charge on any atom is -0.481 e. The van der Waals surface area contributed by atoms with Crippen LogP contribution in [0, 0.1) is 20.8 Å². The second-order valence-corrected chi connectivity index (χ2v) is 7.79. The first-order valence-electron chi connectivity index (χ1n) is 8.57. The molecule has 2 aromatic heterocycles. The monoisotopic (exact) mass is 353 g/mol. The Kier molecular flexibility index (Phi) is 4.65. The van der Waals surface area contributed by atoms with Gasteiger partial charge in [0.05, 0.1) is 5.92 Å². The number of hydrogen-bond acceptors (Lipinski definition) is 3. The molecule has 4 heteroatoms. The van der Waals surface area contributed by atoms with Crippen molar-refractivity contribution >= 4 is 27.5 Å². The fourth-order valence-corrected chi connectivity index (χ4v) is 4.70. The number of carboxylic acid groups (broad SMARTS) is 1. The Balaban J connectivity index is 2.48. The molecule has 1 N–H and O–H groups in total. The maximum absolute atomic E-state index is 11.8. The van der Waals surface area contributed by atoms with E-state index < -0.39 is 11.9 Å². The maximum Gasteiger partial charge on any atom is 0.310 e. The molecule has 3 nitrogen and oxygen atoms in total. The Morgan fingerprint density at radius 1 is 1.20 bits per heavy atom. The summed E-state index contributed by atoms with van der Waals surface area (Å²) in [5, 5.41) is 10.8. The van der Waals surface area contributed by atoms with E-state index in [0.29, 0.717) is 0 Å². The summed E-state index contributed by atoms with van der Waals surface area (Å²) in [7, 11) is 0. The van der Waals surface area contributed by atoms with Crippen LogP contribution in [0.25, 0.3) is 21.3 Å². The van der Waals surface area contributed by atoms with Crippen molar-refractivity contribution in [2.75, 3.05) is 0 Å². The summed E-state index contributed by atoms with van der Waals surface area (Å²) in [5.41, 5.74) is 6.21. The first kappa shape index (κ1) is 17.6. The molecule has 0 saturated carbocycles. The number of rotatable bonds is 4. The van der Waals surface area contributed by atoms with Gasteiger partial charge in [0.15, 0.2) is 0 Å². The van der Waals surface area contributed by atoms with E-state index in [-0.39, 0.29) is 0 Å². The Bertz CT molecular complexity index is 954. The molecule has 0 aliphatic carbocycles. The van der Waals surface area contributed by atoms with Crippen LogP contribution in [0.2, 0.25) is 0 Å². The Morgan fingerprint density at radius 3 is 2.40 bits per heavy atom. The molecule has 0 bridgehead atoms. The van der Waals surface area contributed by atoms with Crippen molar-refractivity contribution in [3.63, 3.8) is 0 Å². The van der Waals surface area contributed by atoms with Gasteiger partial charge in [-0.15, -0.1) is 11.3 Å². The van der Waals surface area contributed by atoms with Gasteiger partial charge in [0.1, 0.15) is 4.83 Å². The quantitative estimate of drug-likeness (QED) is 0.660. The molecule has 0 amide bonds. The summed E-state index contributed by atoms with van der Waals surface area (Å²) in [6.45, 7) is 10.0. The van der Waals surface area contributed by atoms with Gasteiger partial charge >= 0.3 is 5.97 Å². The lowest BCUT2D eigenvalue weighted by Crippen LogP contribution is -2.12. The second-order valence-electron chi connectivity index (χ2n) is 6.58. The number of nitrogens with zero attached hydrogens (tertiary/aromatic N) is 1. The van der Waals surface area contributed by atoms with Gasteiger partial charge in [0.2, 0.25) is 0 Å². The topological polar surface area (TPSA) is 50.2 Å². The van der Waals surface area contributed by atoms with Crippen molar-refractivity contribution in [3.05, 3.63) is 51.5 Å². The molecular formula is C21H23NO2S. The van der Waals surface area contributed by atoms with Crippen LogP contribution in [0.5, 0.6) is 0 Å². The van der Waals surface area contributed by atoms with Gasteiger partial charge in [-0.1, -0.05) is 36.8 Å². The number of aryl methyl sites for hydroxylation is 4. The van der Waals surface area contributed by atoms with E-state index in [1.807, 2.05) is 6.92 Å². The Morgan fingerprint density at radius 2 is 1.84 bits per heavy atom. The molecule has 1 unspecified atom stereocenters. The van der Waals surface area contributed by atoms with Crippen LogP contribution in [-0.4, -0.2) is 16.1 Å². The van der Waals surface area contributed by atoms with E-state index >= 15 is 0 Å². The SMILES string of the molecule is CCc1c(C)sc2nc(C)c(C(C)C(=O)O)c(-c3ccc(C)cc3)c12. The zero-order valence-corrected chi connectivity index (χ0v) is 16.1. The minimum atomic E-state index is -0.817. The molecule has 0 radical (unpaired) electrons. The highest BCUT2D eigenvalue weighted by atomic mass is 32.1. The maximum atomic E-state index is 11.8. The number of pyridine rings is 1. The predicted octanol–water partition coefficient (Wildman–Crippen LogP) is 5.64. The molecule has 3 aromatic rings. The van der Waals surface area contributed by atoms with Crippen LogP contribution in [0.1, 0.15) is 47.0 Å². The van der Waals surface area contributed by atoms with E-state index in [0.717, 1.165) is 39.0 Å². The van der Waals surface area contributed by atoms with Crippen molar-refractivity contribution in [2.45, 2.75) is 47.0 Å². The summed E-state index contributed by atoms with van der Waals surface area (Å²) in [6.07, 6.45) is 0.913. The third-order valence-electron chi connectivity index (χ3n) is 4.87. The number of aliphatic carboxylic acids is 1. The van der Waals surface area contributed by atoms with Gasteiger partial charge in [-0.25, -0.2) is 4.98 Å². The smallest absolute Gasteiger partial charge is 0.310 e. The second kappa shape index (κ2) is 6.60. The van der Waals surface area contributed by atoms with E-state index in [1.54, 1.807) is 18.3 Å². The molecular weight excluding hydrogens is 330 g/mol. The normalized spacial score (nSPS) is 12.5. The molecule has 0 spiro atoms. The molecule has 25 heavy (non-hydrogen) atoms. The van der Waals surface area contributed by atoms with Crippen LogP contribution in [0.3, 0.4) is 0 Å². The van der Waals surface area contributed by atoms with Crippen molar-refractivity contribution in [1.29, 1.82) is 0 Å². The van der Waals surface area contributed by atoms with Crippen LogP contribution in [0.4, 0.5) is 0 Å². The summed E-state index contributed by atoms with van der Waals surface area (Å²) in [6, 6.07) is 8.34. The zero-order chi connectivity index (χ0) is 18.3. The number of carboxylic acids is 1. The lowest BCUT2D eigenvalue weighted by Gasteiger charge is -2.18. The van der Waals surface area contributed by atoms with Crippen molar-refractivity contribution in [1.82, 2.24) is 4.98 Å². The van der Waals surface area contributed by atoms with Gasteiger partial charge < -0.3 is 5.11 Å². The van der Waals surface area contributed by atoms with E-state index in [1.165, 1.54) is 16.0 Å². The summed E-state index contributed by atoms with van der Waals surface area (Å²) >= 11 is 1.70. The minimum absolute atomic E-state index is 0.599. The highest BCUT2D eigenvalue weighted by Crippen LogP contribution is 2.42.